The minimum absolute atomic E-state index is 0.171. The van der Waals surface area contributed by atoms with E-state index in [1.54, 1.807) is 13.0 Å². The molecule has 1 saturated heterocycles. The second kappa shape index (κ2) is 6.39. The van der Waals surface area contributed by atoms with Crippen LogP contribution in [0, 0.1) is 5.82 Å². The van der Waals surface area contributed by atoms with Crippen molar-refractivity contribution in [1.82, 2.24) is 4.72 Å². The fourth-order valence-corrected chi connectivity index (χ4v) is 4.26. The van der Waals surface area contributed by atoms with Crippen LogP contribution in [0.3, 0.4) is 0 Å². The molecular weight excluding hydrogens is 305 g/mol. The number of nitrogens with one attached hydrogen (secondary N) is 1. The van der Waals surface area contributed by atoms with Crippen LogP contribution in [0.15, 0.2) is 18.2 Å². The molecule has 1 atom stereocenters. The minimum atomic E-state index is -3.52. The second-order valence-corrected chi connectivity index (χ2v) is 7.23. The van der Waals surface area contributed by atoms with Crippen LogP contribution in [0.2, 0.25) is 5.02 Å². The molecule has 0 spiro atoms. The maximum Gasteiger partial charge on any atom is 0.215 e. The minimum Gasteiger partial charge on any atom is -0.381 e. The van der Waals surface area contributed by atoms with E-state index in [4.69, 9.17) is 16.3 Å². The van der Waals surface area contributed by atoms with E-state index in [1.807, 2.05) is 0 Å². The highest BCUT2D eigenvalue weighted by Crippen LogP contribution is 2.27. The zero-order valence-corrected chi connectivity index (χ0v) is 12.7. The third-order valence-corrected chi connectivity index (χ3v) is 5.74. The van der Waals surface area contributed by atoms with Gasteiger partial charge in [-0.1, -0.05) is 17.7 Å². The lowest BCUT2D eigenvalue weighted by Crippen LogP contribution is -2.39. The van der Waals surface area contributed by atoms with Crippen molar-refractivity contribution in [1.29, 1.82) is 0 Å². The molecule has 1 aliphatic rings. The van der Waals surface area contributed by atoms with E-state index >= 15 is 0 Å². The number of hydrogen-bond acceptors (Lipinski definition) is 3. The molecule has 1 aromatic rings. The summed E-state index contributed by atoms with van der Waals surface area (Å²) in [7, 11) is -3.52. The lowest BCUT2D eigenvalue weighted by atomic mass is 10.1. The maximum atomic E-state index is 13.8. The van der Waals surface area contributed by atoms with Crippen molar-refractivity contribution in [3.63, 3.8) is 0 Å². The lowest BCUT2D eigenvalue weighted by molar-refractivity contribution is 0.0981. The molecule has 0 saturated carbocycles. The maximum absolute atomic E-state index is 13.8. The Balaban J connectivity index is 2.16. The molecule has 20 heavy (non-hydrogen) atoms. The Morgan fingerprint density at radius 3 is 2.65 bits per heavy atom. The Kier molecular flexibility index (Phi) is 5.01. The molecule has 112 valence electrons. The van der Waals surface area contributed by atoms with Gasteiger partial charge in [0.15, 0.2) is 0 Å². The smallest absolute Gasteiger partial charge is 0.215 e. The van der Waals surface area contributed by atoms with Crippen LogP contribution in [0.25, 0.3) is 0 Å². The first-order valence-electron chi connectivity index (χ1n) is 6.44. The summed E-state index contributed by atoms with van der Waals surface area (Å²) in [5.41, 5.74) is 0.171. The molecule has 1 fully saturated rings. The molecule has 0 amide bonds. The molecular formula is C13H17ClFNO3S. The molecule has 7 heteroatoms. The first-order chi connectivity index (χ1) is 9.42. The van der Waals surface area contributed by atoms with E-state index in [9.17, 15) is 12.8 Å². The summed E-state index contributed by atoms with van der Waals surface area (Å²) in [6.07, 6.45) is 0.903. The normalized spacial score (nSPS) is 18.9. The third-order valence-electron chi connectivity index (χ3n) is 3.38. The number of ether oxygens (including phenoxy) is 1. The average Bonchev–Trinajstić information content (AvgIpc) is 2.39. The molecule has 1 N–H and O–H groups in total. The molecule has 1 aromatic carbocycles. The summed E-state index contributed by atoms with van der Waals surface area (Å²) < 4.78 is 46.0. The van der Waals surface area contributed by atoms with Gasteiger partial charge in [0, 0.05) is 29.8 Å². The van der Waals surface area contributed by atoms with Crippen molar-refractivity contribution in [3.8, 4) is 0 Å². The van der Waals surface area contributed by atoms with Crippen molar-refractivity contribution in [2.24, 2.45) is 0 Å². The topological polar surface area (TPSA) is 55.4 Å². The zero-order chi connectivity index (χ0) is 14.8. The van der Waals surface area contributed by atoms with Gasteiger partial charge in [-0.3, -0.25) is 0 Å². The predicted molar refractivity (Wildman–Crippen MR) is 75.7 cm³/mol. The van der Waals surface area contributed by atoms with Gasteiger partial charge in [0.25, 0.3) is 0 Å². The van der Waals surface area contributed by atoms with Gasteiger partial charge >= 0.3 is 0 Å². The van der Waals surface area contributed by atoms with Gasteiger partial charge in [0.05, 0.1) is 5.25 Å². The van der Waals surface area contributed by atoms with E-state index in [0.717, 1.165) is 0 Å². The Bertz CT molecular complexity index is 553. The van der Waals surface area contributed by atoms with Crippen molar-refractivity contribution in [3.05, 3.63) is 34.6 Å². The van der Waals surface area contributed by atoms with E-state index in [1.165, 1.54) is 12.1 Å². The van der Waals surface area contributed by atoms with Gasteiger partial charge in [-0.25, -0.2) is 17.5 Å². The van der Waals surface area contributed by atoms with Gasteiger partial charge in [-0.2, -0.15) is 0 Å². The van der Waals surface area contributed by atoms with Crippen molar-refractivity contribution >= 4 is 21.6 Å². The Hall–Kier alpha value is -0.690. The van der Waals surface area contributed by atoms with Crippen molar-refractivity contribution in [2.75, 3.05) is 13.2 Å². The summed E-state index contributed by atoms with van der Waals surface area (Å²) in [5, 5.41) is -0.281. The summed E-state index contributed by atoms with van der Waals surface area (Å²) in [4.78, 5) is 0. The Morgan fingerprint density at radius 1 is 1.40 bits per heavy atom. The summed E-state index contributed by atoms with van der Waals surface area (Å²) in [6.45, 7) is 2.45. The average molecular weight is 322 g/mol. The van der Waals surface area contributed by atoms with E-state index in [0.29, 0.717) is 26.1 Å². The molecule has 1 heterocycles. The predicted octanol–water partition coefficient (Wildman–Crippen LogP) is 2.64. The monoisotopic (exact) mass is 321 g/mol. The number of rotatable bonds is 4. The largest absolute Gasteiger partial charge is 0.381 e. The lowest BCUT2D eigenvalue weighted by Gasteiger charge is -2.25. The first kappa shape index (κ1) is 15.7. The van der Waals surface area contributed by atoms with E-state index in [-0.39, 0.29) is 10.6 Å². The quantitative estimate of drug-likeness (QED) is 0.927. The Morgan fingerprint density at radius 2 is 2.05 bits per heavy atom. The standard InChI is InChI=1S/C13H17ClFNO3S/c1-9(13-11(14)3-2-4-12(13)15)16-20(17,18)10-5-7-19-8-6-10/h2-4,9-10,16H,5-8H2,1H3. The van der Waals surface area contributed by atoms with Crippen LogP contribution >= 0.6 is 11.6 Å². The fraction of sp³-hybridized carbons (Fsp3) is 0.538. The van der Waals surface area contributed by atoms with E-state index in [2.05, 4.69) is 4.72 Å². The van der Waals surface area contributed by atoms with Gasteiger partial charge in [0.1, 0.15) is 5.82 Å². The van der Waals surface area contributed by atoms with Crippen LogP contribution < -0.4 is 4.72 Å². The molecule has 1 aliphatic heterocycles. The first-order valence-corrected chi connectivity index (χ1v) is 8.37. The van der Waals surface area contributed by atoms with Crippen LogP contribution in [-0.4, -0.2) is 26.9 Å². The molecule has 0 radical (unpaired) electrons. The summed E-state index contributed by atoms with van der Waals surface area (Å²) >= 11 is 5.94. The number of sulfonamides is 1. The number of benzene rings is 1. The number of halogens is 2. The van der Waals surface area contributed by atoms with Gasteiger partial charge < -0.3 is 4.74 Å². The highest BCUT2D eigenvalue weighted by molar-refractivity contribution is 7.90. The summed E-state index contributed by atoms with van der Waals surface area (Å²) in [5.74, 6) is -0.514. The van der Waals surface area contributed by atoms with Gasteiger partial charge in [0.2, 0.25) is 10.0 Å². The fourth-order valence-electron chi connectivity index (χ4n) is 2.31. The van der Waals surface area contributed by atoms with Crippen LogP contribution in [0.1, 0.15) is 31.4 Å². The van der Waals surface area contributed by atoms with Crippen LogP contribution in [-0.2, 0) is 14.8 Å². The zero-order valence-electron chi connectivity index (χ0n) is 11.1. The van der Waals surface area contributed by atoms with Crippen LogP contribution in [0.5, 0.6) is 0 Å². The van der Waals surface area contributed by atoms with Gasteiger partial charge in [-0.15, -0.1) is 0 Å². The molecule has 0 bridgehead atoms. The van der Waals surface area contributed by atoms with E-state index < -0.39 is 27.1 Å². The molecule has 1 unspecified atom stereocenters. The van der Waals surface area contributed by atoms with Gasteiger partial charge in [-0.05, 0) is 31.9 Å². The van der Waals surface area contributed by atoms with Crippen molar-refractivity contribution in [2.45, 2.75) is 31.1 Å². The highest BCUT2D eigenvalue weighted by atomic mass is 35.5. The van der Waals surface area contributed by atoms with Crippen molar-refractivity contribution < 1.29 is 17.5 Å². The second-order valence-electron chi connectivity index (χ2n) is 4.83. The highest BCUT2D eigenvalue weighted by Gasteiger charge is 2.30. The SMILES string of the molecule is CC(NS(=O)(=O)C1CCOCC1)c1c(F)cccc1Cl. The van der Waals surface area contributed by atoms with Crippen LogP contribution in [0.4, 0.5) is 4.39 Å². The molecule has 2 rings (SSSR count). The summed E-state index contributed by atoms with van der Waals surface area (Å²) in [6, 6.07) is 3.58. The molecule has 0 aliphatic carbocycles. The molecule has 0 aromatic heterocycles. The third kappa shape index (κ3) is 3.49. The Labute approximate surface area is 123 Å². The number of hydrogen-bond donors (Lipinski definition) is 1. The molecule has 4 nitrogen and oxygen atoms in total.